The molecule has 0 aliphatic carbocycles. The summed E-state index contributed by atoms with van der Waals surface area (Å²) >= 11 is 3.43. The number of benzene rings is 1. The Hall–Kier alpha value is -1.05. The van der Waals surface area contributed by atoms with E-state index in [1.807, 2.05) is 25.1 Å². The largest absolute Gasteiger partial charge is 0.390 e. The van der Waals surface area contributed by atoms with E-state index in [2.05, 4.69) is 26.9 Å². The molecule has 1 fully saturated rings. The molecule has 0 saturated carbocycles. The van der Waals surface area contributed by atoms with E-state index in [1.54, 1.807) is 0 Å². The molecular weight excluding hydrogens is 280 g/mol. The average Bonchev–Trinajstić information content (AvgIpc) is 2.29. The van der Waals surface area contributed by atoms with Crippen molar-refractivity contribution in [1.82, 2.24) is 0 Å². The van der Waals surface area contributed by atoms with E-state index in [4.69, 9.17) is 5.26 Å². The van der Waals surface area contributed by atoms with E-state index in [0.717, 1.165) is 36.1 Å². The Kier molecular flexibility index (Phi) is 3.41. The highest BCUT2D eigenvalue weighted by molar-refractivity contribution is 9.10. The first-order valence-electron chi connectivity index (χ1n) is 5.69. The average molecular weight is 295 g/mol. The number of hydrogen-bond acceptors (Lipinski definition) is 3. The Balaban J connectivity index is 2.24. The maximum Gasteiger partial charge on any atom is 0.101 e. The number of nitrogens with zero attached hydrogens (tertiary/aromatic N) is 2. The highest BCUT2D eigenvalue weighted by atomic mass is 79.9. The van der Waals surface area contributed by atoms with Crippen molar-refractivity contribution in [3.05, 3.63) is 28.2 Å². The quantitative estimate of drug-likeness (QED) is 0.866. The van der Waals surface area contributed by atoms with Gasteiger partial charge in [-0.05, 0) is 38.0 Å². The van der Waals surface area contributed by atoms with Gasteiger partial charge in [0, 0.05) is 17.6 Å². The Labute approximate surface area is 110 Å². The van der Waals surface area contributed by atoms with Crippen molar-refractivity contribution in [2.24, 2.45) is 0 Å². The van der Waals surface area contributed by atoms with Gasteiger partial charge in [-0.25, -0.2) is 0 Å². The summed E-state index contributed by atoms with van der Waals surface area (Å²) in [6.45, 7) is 3.45. The van der Waals surface area contributed by atoms with Crippen molar-refractivity contribution < 1.29 is 5.11 Å². The van der Waals surface area contributed by atoms with Gasteiger partial charge in [0.1, 0.15) is 6.07 Å². The fourth-order valence-electron chi connectivity index (χ4n) is 2.09. The van der Waals surface area contributed by atoms with Gasteiger partial charge in [0.05, 0.1) is 16.9 Å². The SMILES string of the molecule is CC1(O)CCN(c2cc(Br)ccc2C#N)CC1. The third kappa shape index (κ3) is 2.80. The zero-order chi connectivity index (χ0) is 12.5. The minimum atomic E-state index is -0.560. The standard InChI is InChI=1S/C13H15BrN2O/c1-13(17)4-6-16(7-5-13)12-8-11(14)3-2-10(12)9-15/h2-3,8,17H,4-7H2,1H3. The molecule has 4 heteroatoms. The minimum absolute atomic E-state index is 0.560. The Morgan fingerprint density at radius 1 is 1.41 bits per heavy atom. The molecule has 3 nitrogen and oxygen atoms in total. The van der Waals surface area contributed by atoms with E-state index in [9.17, 15) is 5.11 Å². The first kappa shape index (κ1) is 12.4. The second-order valence-electron chi connectivity index (χ2n) is 4.76. The van der Waals surface area contributed by atoms with Crippen LogP contribution < -0.4 is 4.90 Å². The molecule has 1 N–H and O–H groups in total. The van der Waals surface area contributed by atoms with Crippen LogP contribution in [0.1, 0.15) is 25.3 Å². The Morgan fingerprint density at radius 3 is 2.65 bits per heavy atom. The van der Waals surface area contributed by atoms with Crippen LogP contribution in [0.5, 0.6) is 0 Å². The van der Waals surface area contributed by atoms with Crippen LogP contribution in [0.3, 0.4) is 0 Å². The third-order valence-electron chi connectivity index (χ3n) is 3.26. The van der Waals surface area contributed by atoms with Gasteiger partial charge in [-0.3, -0.25) is 0 Å². The molecule has 17 heavy (non-hydrogen) atoms. The molecule has 90 valence electrons. The number of rotatable bonds is 1. The van der Waals surface area contributed by atoms with Gasteiger partial charge in [-0.2, -0.15) is 5.26 Å². The highest BCUT2D eigenvalue weighted by Crippen LogP contribution is 2.30. The number of halogens is 1. The maximum atomic E-state index is 9.92. The van der Waals surface area contributed by atoms with E-state index in [0.29, 0.717) is 5.56 Å². The second-order valence-corrected chi connectivity index (χ2v) is 5.67. The van der Waals surface area contributed by atoms with Crippen molar-refractivity contribution in [2.45, 2.75) is 25.4 Å². The van der Waals surface area contributed by atoms with Gasteiger partial charge < -0.3 is 10.0 Å². The molecule has 1 saturated heterocycles. The monoisotopic (exact) mass is 294 g/mol. The van der Waals surface area contributed by atoms with E-state index < -0.39 is 5.60 Å². The Morgan fingerprint density at radius 2 is 2.06 bits per heavy atom. The van der Waals surface area contributed by atoms with Crippen LogP contribution in [0.2, 0.25) is 0 Å². The summed E-state index contributed by atoms with van der Waals surface area (Å²) in [5.74, 6) is 0. The summed E-state index contributed by atoms with van der Waals surface area (Å²) in [4.78, 5) is 2.17. The molecule has 1 aliphatic rings. The lowest BCUT2D eigenvalue weighted by Crippen LogP contribution is -2.42. The van der Waals surface area contributed by atoms with Crippen molar-refractivity contribution in [2.75, 3.05) is 18.0 Å². The normalized spacial score (nSPS) is 18.8. The molecule has 1 aromatic carbocycles. The molecule has 1 aliphatic heterocycles. The number of piperidine rings is 1. The molecule has 0 radical (unpaired) electrons. The molecule has 0 aromatic heterocycles. The lowest BCUT2D eigenvalue weighted by atomic mass is 9.93. The zero-order valence-electron chi connectivity index (χ0n) is 9.78. The van der Waals surface area contributed by atoms with Gasteiger partial charge in [-0.15, -0.1) is 0 Å². The Bertz CT molecular complexity index is 455. The van der Waals surface area contributed by atoms with Crippen molar-refractivity contribution in [3.8, 4) is 6.07 Å². The van der Waals surface area contributed by atoms with Crippen LogP contribution in [-0.4, -0.2) is 23.8 Å². The predicted molar refractivity (Wildman–Crippen MR) is 70.9 cm³/mol. The zero-order valence-corrected chi connectivity index (χ0v) is 11.4. The predicted octanol–water partition coefficient (Wildman–Crippen LogP) is 2.67. The maximum absolute atomic E-state index is 9.92. The lowest BCUT2D eigenvalue weighted by Gasteiger charge is -2.37. The molecule has 0 spiro atoms. The molecule has 1 heterocycles. The molecule has 0 bridgehead atoms. The minimum Gasteiger partial charge on any atom is -0.390 e. The summed E-state index contributed by atoms with van der Waals surface area (Å²) in [6.07, 6.45) is 1.48. The van der Waals surface area contributed by atoms with Crippen LogP contribution >= 0.6 is 15.9 Å². The van der Waals surface area contributed by atoms with E-state index in [-0.39, 0.29) is 0 Å². The van der Waals surface area contributed by atoms with E-state index in [1.165, 1.54) is 0 Å². The van der Waals surface area contributed by atoms with Crippen LogP contribution in [0.25, 0.3) is 0 Å². The van der Waals surface area contributed by atoms with Gasteiger partial charge in [0.2, 0.25) is 0 Å². The topological polar surface area (TPSA) is 47.3 Å². The second kappa shape index (κ2) is 4.67. The van der Waals surface area contributed by atoms with Crippen LogP contribution in [0, 0.1) is 11.3 Å². The highest BCUT2D eigenvalue weighted by Gasteiger charge is 2.28. The first-order valence-corrected chi connectivity index (χ1v) is 6.48. The first-order chi connectivity index (χ1) is 8.02. The van der Waals surface area contributed by atoms with Gasteiger partial charge in [0.15, 0.2) is 0 Å². The summed E-state index contributed by atoms with van der Waals surface area (Å²) in [7, 11) is 0. The molecule has 0 amide bonds. The van der Waals surface area contributed by atoms with Crippen LogP contribution in [-0.2, 0) is 0 Å². The summed E-state index contributed by atoms with van der Waals surface area (Å²) < 4.78 is 0.976. The van der Waals surface area contributed by atoms with Crippen molar-refractivity contribution in [3.63, 3.8) is 0 Å². The molecular formula is C13H15BrN2O. The molecule has 0 atom stereocenters. The van der Waals surface area contributed by atoms with Crippen LogP contribution in [0.15, 0.2) is 22.7 Å². The summed E-state index contributed by atoms with van der Waals surface area (Å²) in [6, 6.07) is 7.89. The third-order valence-corrected chi connectivity index (χ3v) is 3.75. The number of anilines is 1. The van der Waals surface area contributed by atoms with E-state index >= 15 is 0 Å². The molecule has 2 rings (SSSR count). The van der Waals surface area contributed by atoms with Crippen molar-refractivity contribution >= 4 is 21.6 Å². The van der Waals surface area contributed by atoms with Gasteiger partial charge >= 0.3 is 0 Å². The smallest absolute Gasteiger partial charge is 0.101 e. The summed E-state index contributed by atoms with van der Waals surface area (Å²) in [5, 5.41) is 19.0. The van der Waals surface area contributed by atoms with Gasteiger partial charge in [-0.1, -0.05) is 15.9 Å². The number of aliphatic hydroxyl groups is 1. The van der Waals surface area contributed by atoms with Crippen LogP contribution in [0.4, 0.5) is 5.69 Å². The number of hydrogen-bond donors (Lipinski definition) is 1. The van der Waals surface area contributed by atoms with Gasteiger partial charge in [0.25, 0.3) is 0 Å². The fourth-order valence-corrected chi connectivity index (χ4v) is 2.44. The lowest BCUT2D eigenvalue weighted by molar-refractivity contribution is 0.0351. The van der Waals surface area contributed by atoms with Crippen molar-refractivity contribution in [1.29, 1.82) is 5.26 Å². The summed E-state index contributed by atoms with van der Waals surface area (Å²) in [5.41, 5.74) is 1.09. The number of nitriles is 1. The molecule has 1 aromatic rings. The molecule has 0 unspecified atom stereocenters. The fraction of sp³-hybridized carbons (Fsp3) is 0.462.